The smallest absolute Gasteiger partial charge is 0.337 e. The van der Waals surface area contributed by atoms with Crippen LogP contribution in [0.5, 0.6) is 0 Å². The highest BCUT2D eigenvalue weighted by atomic mass is 16.6. The van der Waals surface area contributed by atoms with Crippen molar-refractivity contribution in [3.63, 3.8) is 0 Å². The van der Waals surface area contributed by atoms with Gasteiger partial charge in [0.05, 0.1) is 13.2 Å². The van der Waals surface area contributed by atoms with E-state index in [1.165, 1.54) is 0 Å². The Balaban J connectivity index is 4.66. The molecule has 4 N–H and O–H groups in total. The Bertz CT molecular complexity index is 238. The third kappa shape index (κ3) is 4.70. The molecule has 0 aromatic rings. The van der Waals surface area contributed by atoms with Crippen molar-refractivity contribution in [2.24, 2.45) is 11.5 Å². The van der Waals surface area contributed by atoms with Crippen LogP contribution in [-0.2, 0) is 19.1 Å². The summed E-state index contributed by atoms with van der Waals surface area (Å²) in [6.07, 6.45) is 1.45. The van der Waals surface area contributed by atoms with Gasteiger partial charge in [0.2, 0.25) is 5.54 Å². The molecular weight excluding hydrogens is 224 g/mol. The van der Waals surface area contributed by atoms with Crippen molar-refractivity contribution in [3.8, 4) is 0 Å². The zero-order chi connectivity index (χ0) is 13.3. The molecule has 0 aliphatic rings. The SMILES string of the molecule is CCOC(=O)C(N)(CCCCN)C(=O)OCC. The molecule has 0 fully saturated rings. The largest absolute Gasteiger partial charge is 0.464 e. The Kier molecular flexibility index (Phi) is 7.49. The van der Waals surface area contributed by atoms with E-state index < -0.39 is 17.5 Å². The van der Waals surface area contributed by atoms with Gasteiger partial charge in [-0.15, -0.1) is 0 Å². The van der Waals surface area contributed by atoms with Crippen LogP contribution in [0.2, 0.25) is 0 Å². The van der Waals surface area contributed by atoms with Crippen molar-refractivity contribution in [2.75, 3.05) is 19.8 Å². The van der Waals surface area contributed by atoms with Crippen LogP contribution in [0.25, 0.3) is 0 Å². The Morgan fingerprint density at radius 2 is 1.53 bits per heavy atom. The summed E-state index contributed by atoms with van der Waals surface area (Å²) in [7, 11) is 0. The minimum absolute atomic E-state index is 0.175. The molecule has 0 aromatic heterocycles. The van der Waals surface area contributed by atoms with E-state index in [4.69, 9.17) is 20.9 Å². The number of carbonyl (C=O) groups excluding carboxylic acids is 2. The number of hydrogen-bond donors (Lipinski definition) is 2. The average molecular weight is 246 g/mol. The molecule has 0 saturated heterocycles. The minimum atomic E-state index is -1.71. The quantitative estimate of drug-likeness (QED) is 0.353. The molecular formula is C11H22N2O4. The van der Waals surface area contributed by atoms with Gasteiger partial charge >= 0.3 is 11.9 Å². The second-order valence-corrected chi connectivity index (χ2v) is 3.66. The highest BCUT2D eigenvalue weighted by Gasteiger charge is 2.44. The third-order valence-corrected chi connectivity index (χ3v) is 2.30. The Morgan fingerprint density at radius 1 is 1.06 bits per heavy atom. The summed E-state index contributed by atoms with van der Waals surface area (Å²) < 4.78 is 9.62. The van der Waals surface area contributed by atoms with Gasteiger partial charge in [-0.05, 0) is 39.7 Å². The van der Waals surface area contributed by atoms with Gasteiger partial charge in [0.1, 0.15) is 0 Å². The predicted octanol–water partition coefficient (Wildman–Crippen LogP) is -0.0609. The fourth-order valence-electron chi connectivity index (χ4n) is 1.36. The zero-order valence-corrected chi connectivity index (χ0v) is 10.5. The van der Waals surface area contributed by atoms with Gasteiger partial charge in [-0.2, -0.15) is 0 Å². The van der Waals surface area contributed by atoms with E-state index in [0.29, 0.717) is 19.4 Å². The minimum Gasteiger partial charge on any atom is -0.464 e. The van der Waals surface area contributed by atoms with Crippen LogP contribution in [0.4, 0.5) is 0 Å². The fourth-order valence-corrected chi connectivity index (χ4v) is 1.36. The van der Waals surface area contributed by atoms with Crippen molar-refractivity contribution in [3.05, 3.63) is 0 Å². The van der Waals surface area contributed by atoms with E-state index in [9.17, 15) is 9.59 Å². The molecule has 0 unspecified atom stereocenters. The molecule has 0 heterocycles. The van der Waals surface area contributed by atoms with Crippen molar-refractivity contribution in [1.82, 2.24) is 0 Å². The van der Waals surface area contributed by atoms with Crippen LogP contribution in [0.3, 0.4) is 0 Å². The third-order valence-electron chi connectivity index (χ3n) is 2.30. The second kappa shape index (κ2) is 8.03. The summed E-state index contributed by atoms with van der Waals surface area (Å²) in [4.78, 5) is 23.4. The molecule has 100 valence electrons. The first-order valence-electron chi connectivity index (χ1n) is 5.86. The summed E-state index contributed by atoms with van der Waals surface area (Å²) in [5.74, 6) is -1.48. The van der Waals surface area contributed by atoms with Crippen LogP contribution in [0, 0.1) is 0 Å². The number of nitrogens with two attached hydrogens (primary N) is 2. The van der Waals surface area contributed by atoms with Crippen LogP contribution in [-0.4, -0.2) is 37.2 Å². The van der Waals surface area contributed by atoms with E-state index in [1.807, 2.05) is 0 Å². The zero-order valence-electron chi connectivity index (χ0n) is 10.5. The van der Waals surface area contributed by atoms with Gasteiger partial charge in [-0.25, -0.2) is 9.59 Å². The van der Waals surface area contributed by atoms with E-state index >= 15 is 0 Å². The second-order valence-electron chi connectivity index (χ2n) is 3.66. The van der Waals surface area contributed by atoms with Gasteiger partial charge in [-0.1, -0.05) is 0 Å². The first kappa shape index (κ1) is 15.9. The maximum absolute atomic E-state index is 11.7. The predicted molar refractivity (Wildman–Crippen MR) is 63.1 cm³/mol. The lowest BCUT2D eigenvalue weighted by Gasteiger charge is -2.24. The van der Waals surface area contributed by atoms with Crippen molar-refractivity contribution < 1.29 is 19.1 Å². The summed E-state index contributed by atoms with van der Waals surface area (Å²) in [6, 6.07) is 0. The van der Waals surface area contributed by atoms with E-state index in [0.717, 1.165) is 0 Å². The lowest BCUT2D eigenvalue weighted by molar-refractivity contribution is -0.164. The van der Waals surface area contributed by atoms with Gasteiger partial charge in [0.15, 0.2) is 0 Å². The summed E-state index contributed by atoms with van der Waals surface area (Å²) in [5, 5.41) is 0. The van der Waals surface area contributed by atoms with Gasteiger partial charge in [0.25, 0.3) is 0 Å². The molecule has 0 aliphatic carbocycles. The molecule has 0 bridgehead atoms. The number of unbranched alkanes of at least 4 members (excludes halogenated alkanes) is 1. The van der Waals surface area contributed by atoms with Crippen molar-refractivity contribution >= 4 is 11.9 Å². The van der Waals surface area contributed by atoms with Gasteiger partial charge in [-0.3, -0.25) is 0 Å². The molecule has 0 saturated carbocycles. The standard InChI is InChI=1S/C11H22N2O4/c1-3-16-9(14)11(13,7-5-6-8-12)10(15)17-4-2/h3-8,12-13H2,1-2H3. The van der Waals surface area contributed by atoms with Crippen molar-refractivity contribution in [1.29, 1.82) is 0 Å². The molecule has 6 heteroatoms. The average Bonchev–Trinajstić information content (AvgIpc) is 2.29. The van der Waals surface area contributed by atoms with Gasteiger partial charge < -0.3 is 20.9 Å². The van der Waals surface area contributed by atoms with Crippen LogP contribution in [0.1, 0.15) is 33.1 Å². The summed E-state index contributed by atoms with van der Waals surface area (Å²) in [5.41, 5.74) is 9.46. The Labute approximate surface area is 102 Å². The molecule has 0 aliphatic heterocycles. The Hall–Kier alpha value is -1.14. The van der Waals surface area contributed by atoms with Crippen LogP contribution in [0.15, 0.2) is 0 Å². The molecule has 0 atom stereocenters. The van der Waals surface area contributed by atoms with Crippen LogP contribution < -0.4 is 11.5 Å². The molecule has 0 spiro atoms. The molecule has 0 amide bonds. The molecule has 6 nitrogen and oxygen atoms in total. The van der Waals surface area contributed by atoms with Gasteiger partial charge in [0, 0.05) is 0 Å². The first-order valence-corrected chi connectivity index (χ1v) is 5.86. The molecule has 17 heavy (non-hydrogen) atoms. The highest BCUT2D eigenvalue weighted by molar-refractivity contribution is 6.04. The fraction of sp³-hybridized carbons (Fsp3) is 0.818. The topological polar surface area (TPSA) is 105 Å². The molecule has 0 aromatic carbocycles. The summed E-state index contributed by atoms with van der Waals surface area (Å²) in [6.45, 7) is 4.15. The van der Waals surface area contributed by atoms with E-state index in [2.05, 4.69) is 0 Å². The molecule has 0 rings (SSSR count). The molecule has 0 radical (unpaired) electrons. The number of ether oxygens (including phenoxy) is 2. The van der Waals surface area contributed by atoms with E-state index in [-0.39, 0.29) is 19.6 Å². The number of carbonyl (C=O) groups is 2. The maximum atomic E-state index is 11.7. The Morgan fingerprint density at radius 3 is 1.88 bits per heavy atom. The maximum Gasteiger partial charge on any atom is 0.337 e. The number of esters is 2. The highest BCUT2D eigenvalue weighted by Crippen LogP contribution is 2.16. The lowest BCUT2D eigenvalue weighted by Crippen LogP contribution is -2.56. The normalized spacial score (nSPS) is 11.1. The van der Waals surface area contributed by atoms with Crippen LogP contribution >= 0.6 is 0 Å². The van der Waals surface area contributed by atoms with E-state index in [1.54, 1.807) is 13.8 Å². The van der Waals surface area contributed by atoms with Crippen molar-refractivity contribution in [2.45, 2.75) is 38.6 Å². The number of hydrogen-bond acceptors (Lipinski definition) is 6. The lowest BCUT2D eigenvalue weighted by atomic mass is 9.94. The monoisotopic (exact) mass is 246 g/mol. The summed E-state index contributed by atoms with van der Waals surface area (Å²) >= 11 is 0. The first-order chi connectivity index (χ1) is 8.02. The number of rotatable bonds is 8.